The van der Waals surface area contributed by atoms with E-state index in [1.165, 1.54) is 56.0 Å². The molecule has 12 atom stereocenters. The molecule has 5 saturated heterocycles. The number of aromatic nitrogens is 8. The third-order valence-electron chi connectivity index (χ3n) is 23.4. The van der Waals surface area contributed by atoms with Crippen LogP contribution in [0.5, 0.6) is 46.0 Å². The van der Waals surface area contributed by atoms with Gasteiger partial charge in [-0.05, 0) is 92.4 Å². The van der Waals surface area contributed by atoms with E-state index in [2.05, 4.69) is 67.7 Å². The Hall–Kier alpha value is -11.7. The highest BCUT2D eigenvalue weighted by Crippen LogP contribution is 2.50. The van der Waals surface area contributed by atoms with Crippen molar-refractivity contribution < 1.29 is 65.4 Å². The summed E-state index contributed by atoms with van der Waals surface area (Å²) < 4.78 is 90.6. The van der Waals surface area contributed by atoms with Gasteiger partial charge < -0.3 is 78.8 Å². The van der Waals surface area contributed by atoms with E-state index in [-0.39, 0.29) is 91.7 Å². The number of piperidine rings is 8. The van der Waals surface area contributed by atoms with Gasteiger partial charge in [0.05, 0.1) is 94.3 Å². The second kappa shape index (κ2) is 34.1. The minimum absolute atomic E-state index is 0.0170. The molecule has 3 amide bonds. The number of likely N-dealkylation sites (tertiary alicyclic amines) is 2. The number of carbonyl (C=O) groups excluding carboxylic acids is 3. The van der Waals surface area contributed by atoms with Crippen molar-refractivity contribution >= 4 is 131 Å². The van der Waals surface area contributed by atoms with E-state index in [0.29, 0.717) is 169 Å². The minimum atomic E-state index is -0.558. The Kier molecular flexibility index (Phi) is 23.1. The Morgan fingerprint density at radius 1 is 0.432 bits per heavy atom. The third-order valence-corrected chi connectivity index (χ3v) is 24.3. The number of nitrogens with one attached hydrogen (secondary N) is 5. The van der Waals surface area contributed by atoms with Gasteiger partial charge >= 0.3 is 0 Å². The van der Waals surface area contributed by atoms with Gasteiger partial charge in [-0.2, -0.15) is 0 Å². The van der Waals surface area contributed by atoms with Gasteiger partial charge in [0.1, 0.15) is 60.9 Å². The highest BCUT2D eigenvalue weighted by molar-refractivity contribution is 6.31. The largest absolute Gasteiger partial charge is 0.493 e. The molecular formula is C85H83Cl3F3N15O12. The first-order valence-corrected chi connectivity index (χ1v) is 39.7. The van der Waals surface area contributed by atoms with Gasteiger partial charge in [-0.15, -0.1) is 0 Å². The molecule has 11 aromatic rings. The maximum atomic E-state index is 14.4. The van der Waals surface area contributed by atoms with Crippen LogP contribution in [0.2, 0.25) is 15.1 Å². The monoisotopic (exact) mass is 1670 g/mol. The molecule has 5 aliphatic heterocycles. The van der Waals surface area contributed by atoms with Crippen LogP contribution in [0.3, 0.4) is 0 Å². The molecule has 612 valence electrons. The van der Waals surface area contributed by atoms with Gasteiger partial charge in [0.2, 0.25) is 17.7 Å². The lowest BCUT2D eigenvalue weighted by molar-refractivity contribution is -0.145. The zero-order valence-electron chi connectivity index (χ0n) is 65.0. The number of ether oxygens (including phenoxy) is 8. The van der Waals surface area contributed by atoms with Gasteiger partial charge in [0.15, 0.2) is 63.4 Å². The van der Waals surface area contributed by atoms with Crippen molar-refractivity contribution in [1.29, 1.82) is 0 Å². The van der Waals surface area contributed by atoms with E-state index in [0.717, 1.165) is 45.4 Å². The number of anilines is 6. The van der Waals surface area contributed by atoms with Crippen LogP contribution in [0, 0.1) is 64.8 Å². The highest BCUT2D eigenvalue weighted by Gasteiger charge is 2.52. The minimum Gasteiger partial charge on any atom is -0.493 e. The lowest BCUT2D eigenvalue weighted by Gasteiger charge is -2.52. The average molecular weight is 1670 g/mol. The summed E-state index contributed by atoms with van der Waals surface area (Å²) >= 11 is 17.7. The summed E-state index contributed by atoms with van der Waals surface area (Å²) in [7, 11) is 6.33. The molecule has 118 heavy (non-hydrogen) atoms. The summed E-state index contributed by atoms with van der Waals surface area (Å²) in [4.78, 5) is 85.4. The molecule has 9 fully saturated rings. The first-order valence-electron chi connectivity index (χ1n) is 38.6. The van der Waals surface area contributed by atoms with Gasteiger partial charge in [-0.3, -0.25) is 19.2 Å². The molecule has 4 saturated carbocycles. The van der Waals surface area contributed by atoms with Crippen LogP contribution in [0.25, 0.3) is 43.6 Å². The van der Waals surface area contributed by atoms with E-state index < -0.39 is 17.5 Å². The second-order valence-corrected chi connectivity index (χ2v) is 31.7. The van der Waals surface area contributed by atoms with Crippen molar-refractivity contribution in [2.45, 2.75) is 63.9 Å². The van der Waals surface area contributed by atoms with Crippen LogP contribution in [-0.2, 0) is 14.4 Å². The summed E-state index contributed by atoms with van der Waals surface area (Å²) in [6, 6.07) is 28.5. The zero-order valence-corrected chi connectivity index (χ0v) is 67.2. The van der Waals surface area contributed by atoms with Crippen molar-refractivity contribution in [1.82, 2.24) is 59.9 Å². The molecule has 20 rings (SSSR count). The summed E-state index contributed by atoms with van der Waals surface area (Å²) in [6.07, 6.45) is 11.5. The molecule has 9 heterocycles. The summed E-state index contributed by atoms with van der Waals surface area (Å²) in [5, 5.41) is 15.1. The van der Waals surface area contributed by atoms with Crippen LogP contribution >= 0.6 is 34.8 Å². The highest BCUT2D eigenvalue weighted by atomic mass is 35.5. The Morgan fingerprint density at radius 2 is 0.737 bits per heavy atom. The van der Waals surface area contributed by atoms with Crippen molar-refractivity contribution in [3.63, 3.8) is 0 Å². The number of aromatic amines is 1. The van der Waals surface area contributed by atoms with Crippen LogP contribution < -0.4 is 64.7 Å². The molecule has 9 aliphatic rings. The van der Waals surface area contributed by atoms with Crippen molar-refractivity contribution in [2.24, 2.45) is 47.3 Å². The van der Waals surface area contributed by atoms with Gasteiger partial charge in [0, 0.05) is 154 Å². The predicted octanol–water partition coefficient (Wildman–Crippen LogP) is 14.3. The number of benzene rings is 7. The number of carbonyl (C=O) groups is 3. The second-order valence-electron chi connectivity index (χ2n) is 30.5. The number of nitrogens with zero attached hydrogens (tertiary/aromatic N) is 10. The normalized spacial score (nSPS) is 22.6. The van der Waals surface area contributed by atoms with Gasteiger partial charge in [-0.1, -0.05) is 59.6 Å². The van der Waals surface area contributed by atoms with Crippen LogP contribution in [0.15, 0.2) is 146 Å². The van der Waals surface area contributed by atoms with Crippen LogP contribution in [-0.4, -0.2) is 178 Å². The molecule has 0 spiro atoms. The fourth-order valence-corrected chi connectivity index (χ4v) is 17.7. The summed E-state index contributed by atoms with van der Waals surface area (Å²) in [6.45, 7) is 12.9. The number of amides is 3. The van der Waals surface area contributed by atoms with E-state index >= 15 is 0 Å². The topological polar surface area (TPSA) is 306 Å². The third kappa shape index (κ3) is 16.2. The SMILES string of the molecule is C=CC(=O)N1C[C@H]2C[C@@H](C1)C2Oc1cc2c(Nc3cccc(Cl)c3F)ncnc2cc1OC.COc1cc2nc[nH]c(=O)c2cc1OC1[C@@H]2C[C@H]1CN(C(C)=O)C2.COc1cc2ncnc(Nc3cccc(Cl)c3F)c2cc1OC1[C@@H]2CNC[C@H]1C2.COc1cc2ncnc(Nc3cccc(Cl)c3F)c2cc1OC1[C@@H]2C[C@H]1CN(C(C)=O)C2. The van der Waals surface area contributed by atoms with E-state index in [1.807, 2.05) is 32.9 Å². The first kappa shape index (κ1) is 80.1. The van der Waals surface area contributed by atoms with Crippen molar-refractivity contribution in [3.05, 3.63) is 184 Å². The quantitative estimate of drug-likeness (QED) is 0.0470. The molecule has 27 nitrogen and oxygen atoms in total. The number of hydrogen-bond donors (Lipinski definition) is 5. The fourth-order valence-electron chi connectivity index (χ4n) is 17.2. The molecule has 8 bridgehead atoms. The molecular weight excluding hydrogens is 1590 g/mol. The lowest BCUT2D eigenvalue weighted by atomic mass is 9.68. The van der Waals surface area contributed by atoms with Crippen molar-refractivity contribution in [3.8, 4) is 46.0 Å². The van der Waals surface area contributed by atoms with Crippen LogP contribution in [0.1, 0.15) is 39.5 Å². The molecule has 5 N–H and O–H groups in total. The Balaban J connectivity index is 0.000000118. The van der Waals surface area contributed by atoms with Crippen LogP contribution in [0.4, 0.5) is 47.7 Å². The lowest BCUT2D eigenvalue weighted by Crippen LogP contribution is -2.61. The molecule has 0 radical (unpaired) electrons. The average Bonchev–Trinajstić information content (AvgIpc) is 0.765. The zero-order chi connectivity index (χ0) is 82.3. The Bertz CT molecular complexity index is 5740. The smallest absolute Gasteiger partial charge is 0.258 e. The number of fused-ring (bicyclic) bond motifs is 12. The summed E-state index contributed by atoms with van der Waals surface area (Å²) in [5.74, 6) is 7.24. The summed E-state index contributed by atoms with van der Waals surface area (Å²) in [5.41, 5.74) is 2.96. The van der Waals surface area contributed by atoms with Gasteiger partial charge in [-0.25, -0.2) is 48.1 Å². The van der Waals surface area contributed by atoms with E-state index in [1.54, 1.807) is 109 Å². The molecule has 7 aromatic carbocycles. The first-order chi connectivity index (χ1) is 57.1. The number of rotatable bonds is 19. The van der Waals surface area contributed by atoms with E-state index in [4.69, 9.17) is 72.7 Å². The number of H-pyrrole nitrogens is 1. The molecule has 4 aliphatic carbocycles. The molecule has 33 heteroatoms. The number of hydrogen-bond acceptors (Lipinski definition) is 23. The van der Waals surface area contributed by atoms with Gasteiger partial charge in [0.25, 0.3) is 5.56 Å². The molecule has 4 aromatic heterocycles. The maximum absolute atomic E-state index is 14.4. The Morgan fingerprint density at radius 3 is 1.05 bits per heavy atom. The van der Waals surface area contributed by atoms with Crippen molar-refractivity contribution in [2.75, 3.05) is 96.7 Å². The standard InChI is InChI=1S/C24H22ClFN4O3.C23H22ClFN4O3.C21H20ClFN4O2.C17H19N3O4/c1-3-21(31)30-10-13-7-14(11-30)23(13)33-20-8-15-18(9-19(20)32-2)27-12-28-24(15)29-17-6-4-5-16(25)22(17)26;1-12(30)29-9-13-6-14(10-29)22(13)32-20-7-15-18(8-19(20)31-2)26-11-27-23(15)28-17-5-3-4-16(24)21(17)25;1-28-17-7-16-13(6-18(17)29-20-11-5-12(20)9-24-8-11)21(26-10-25-16)27-15-4-2-3-14(22)19(15)23;1-9(21)20-6-10-3-11(7-20)16(10)24-15-4-12-13(5-14(15)23-2)18-8-19-17(12)22/h3-6,8-9,12-14,23H,1,7,10-11H2,2H3,(H,27,28,29);3-5,7-8,11,13-14,22H,6,9-10H2,1-2H3,(H,26,27,28);2-4,6-7,10-12,20,24H,5,8-9H2,1H3,(H,25,26,27);4-5,8,10-11,16H,3,6-7H2,1-2H3,(H,18,19,22)/t13-,14+,23?;13-,14+,22?;11-,12+,20?;10-,11+,16?. The number of methoxy groups -OCH3 is 4. The molecule has 4 unspecified atom stereocenters. The number of halogens is 6. The maximum Gasteiger partial charge on any atom is 0.258 e. The van der Waals surface area contributed by atoms with E-state index in [9.17, 15) is 32.3 Å². The Labute approximate surface area is 690 Å². The fraction of sp³-hybridized carbons (Fsp3) is 0.353. The predicted molar refractivity (Wildman–Crippen MR) is 439 cm³/mol.